The minimum Gasteiger partial charge on any atom is -0.508 e. The van der Waals surface area contributed by atoms with E-state index in [0.717, 1.165) is 9.80 Å². The van der Waals surface area contributed by atoms with Gasteiger partial charge in [-0.2, -0.15) is 0 Å². The highest BCUT2D eigenvalue weighted by atomic mass is 35.5. The molecular weight excluding hydrogens is 555 g/mol. The lowest BCUT2D eigenvalue weighted by Gasteiger charge is -2.50. The van der Waals surface area contributed by atoms with Crippen molar-refractivity contribution in [2.45, 2.75) is 42.4 Å². The van der Waals surface area contributed by atoms with E-state index in [1.165, 1.54) is 20.0 Å². The largest absolute Gasteiger partial charge is 0.508 e. The first-order valence-electron chi connectivity index (χ1n) is 13.0. The topological polar surface area (TPSA) is 112 Å². The third-order valence-corrected chi connectivity index (χ3v) is 10.5. The zero-order valence-corrected chi connectivity index (χ0v) is 23.5. The van der Waals surface area contributed by atoms with Gasteiger partial charge in [-0.3, -0.25) is 33.8 Å². The van der Waals surface area contributed by atoms with Crippen molar-refractivity contribution in [1.82, 2.24) is 4.90 Å². The van der Waals surface area contributed by atoms with E-state index in [2.05, 4.69) is 0 Å². The number of amides is 4. The van der Waals surface area contributed by atoms with Gasteiger partial charge in [0.15, 0.2) is 15.5 Å². The molecule has 4 amide bonds. The van der Waals surface area contributed by atoms with Crippen LogP contribution in [0.15, 0.2) is 54.1 Å². The molecule has 6 atom stereocenters. The van der Waals surface area contributed by atoms with Crippen molar-refractivity contribution in [2.24, 2.45) is 17.8 Å². The first-order chi connectivity index (χ1) is 18.8. The molecule has 0 spiro atoms. The van der Waals surface area contributed by atoms with Gasteiger partial charge >= 0.3 is 0 Å². The monoisotopic (exact) mass is 580 g/mol. The van der Waals surface area contributed by atoms with E-state index in [0.29, 0.717) is 28.0 Å². The van der Waals surface area contributed by atoms with Crippen molar-refractivity contribution in [3.63, 3.8) is 0 Å². The summed E-state index contributed by atoms with van der Waals surface area (Å²) in [4.78, 5) is 64.8. The van der Waals surface area contributed by atoms with Gasteiger partial charge in [0, 0.05) is 18.5 Å². The van der Waals surface area contributed by atoms with Gasteiger partial charge in [-0.15, -0.1) is 23.2 Å². The molecule has 206 valence electrons. The second-order valence-electron chi connectivity index (χ2n) is 11.2. The molecule has 8 nitrogen and oxygen atoms in total. The Kier molecular flexibility index (Phi) is 5.85. The SMILES string of the molecule is CC(=O)c1ccc(N2C(=O)C3CC=C4C(CC5(Cl)C(=O)N(C)C(=O)C5(Cl)C4c4ccc(O)c(C)c4)C3C2=O)cc1. The van der Waals surface area contributed by atoms with Gasteiger partial charge in [0.05, 0.1) is 17.5 Å². The number of aromatic hydroxyl groups is 1. The van der Waals surface area contributed by atoms with Crippen molar-refractivity contribution in [1.29, 1.82) is 0 Å². The number of allylic oxidation sites excluding steroid dienone is 2. The van der Waals surface area contributed by atoms with E-state index in [1.807, 2.05) is 6.08 Å². The molecule has 2 aromatic carbocycles. The predicted molar refractivity (Wildman–Crippen MR) is 147 cm³/mol. The van der Waals surface area contributed by atoms with Gasteiger partial charge in [-0.1, -0.05) is 23.8 Å². The van der Waals surface area contributed by atoms with E-state index >= 15 is 0 Å². The summed E-state index contributed by atoms with van der Waals surface area (Å²) in [5.41, 5.74) is 2.63. The fourth-order valence-corrected chi connectivity index (χ4v) is 8.10. The van der Waals surface area contributed by atoms with Crippen molar-refractivity contribution < 1.29 is 29.1 Å². The number of phenols is 1. The number of carbonyl (C=O) groups is 5. The number of phenolic OH excluding ortho intramolecular Hbond substituents is 1. The maximum absolute atomic E-state index is 14.0. The molecule has 1 N–H and O–H groups in total. The van der Waals surface area contributed by atoms with Crippen molar-refractivity contribution in [3.05, 3.63) is 70.8 Å². The molecular formula is C30H26Cl2N2O6. The molecule has 2 aromatic rings. The highest BCUT2D eigenvalue weighted by molar-refractivity contribution is 6.53. The van der Waals surface area contributed by atoms with Crippen LogP contribution in [0.2, 0.25) is 0 Å². The van der Waals surface area contributed by atoms with Gasteiger partial charge in [0.25, 0.3) is 11.8 Å². The predicted octanol–water partition coefficient (Wildman–Crippen LogP) is 4.10. The lowest BCUT2D eigenvalue weighted by molar-refractivity contribution is -0.138. The fourth-order valence-electron chi connectivity index (χ4n) is 7.08. The first kappa shape index (κ1) is 26.7. The summed E-state index contributed by atoms with van der Waals surface area (Å²) in [5.74, 6) is -5.15. The molecule has 0 bridgehead atoms. The van der Waals surface area contributed by atoms with Gasteiger partial charge in [-0.05, 0) is 74.1 Å². The van der Waals surface area contributed by atoms with Gasteiger partial charge < -0.3 is 5.11 Å². The Hall–Kier alpha value is -3.49. The van der Waals surface area contributed by atoms with Crippen molar-refractivity contribution in [3.8, 4) is 5.75 Å². The number of benzene rings is 2. The summed E-state index contributed by atoms with van der Waals surface area (Å²) in [6.07, 6.45) is 2.02. The number of Topliss-reactive ketones (excluding diaryl/α,β-unsaturated/α-hetero) is 1. The van der Waals surface area contributed by atoms with Gasteiger partial charge in [-0.25, -0.2) is 0 Å². The second-order valence-corrected chi connectivity index (χ2v) is 12.4. The molecule has 6 unspecified atom stereocenters. The maximum atomic E-state index is 14.0. The van der Waals surface area contributed by atoms with Gasteiger partial charge in [0.1, 0.15) is 5.75 Å². The molecule has 0 radical (unpaired) electrons. The highest BCUT2D eigenvalue weighted by Gasteiger charge is 2.75. The zero-order chi connectivity index (χ0) is 28.9. The number of halogens is 2. The number of imide groups is 2. The standard InChI is InChI=1S/C30H26Cl2N2O6/c1-14-12-17(6-11-22(14)36)24-19-9-10-20-23(21(19)13-29(31)27(39)33(3)28(40)30(24,29)32)26(38)34(25(20)37)18-7-4-16(5-8-18)15(2)35/h4-9,11-12,20-21,23-24,36H,10,13H2,1-3H3. The Morgan fingerprint density at radius 2 is 1.65 bits per heavy atom. The van der Waals surface area contributed by atoms with Crippen molar-refractivity contribution in [2.75, 3.05) is 11.9 Å². The van der Waals surface area contributed by atoms with E-state index in [4.69, 9.17) is 23.2 Å². The molecule has 6 rings (SSSR count). The normalized spacial score (nSPS) is 33.1. The summed E-state index contributed by atoms with van der Waals surface area (Å²) < 4.78 is 0. The third-order valence-electron chi connectivity index (χ3n) is 9.10. The Morgan fingerprint density at radius 1 is 0.975 bits per heavy atom. The third kappa shape index (κ3) is 3.29. The summed E-state index contributed by atoms with van der Waals surface area (Å²) in [5, 5.41) is 10.2. The van der Waals surface area contributed by atoms with Gasteiger partial charge in [0.2, 0.25) is 11.8 Å². The van der Waals surface area contributed by atoms with Crippen LogP contribution in [0.5, 0.6) is 5.75 Å². The molecule has 2 heterocycles. The first-order valence-corrected chi connectivity index (χ1v) is 13.8. The second kappa shape index (κ2) is 8.75. The van der Waals surface area contributed by atoms with Crippen LogP contribution in [0.25, 0.3) is 0 Å². The Bertz CT molecular complexity index is 1570. The average molecular weight is 581 g/mol. The average Bonchev–Trinajstić information content (AvgIpc) is 3.25. The minimum atomic E-state index is -1.87. The lowest BCUT2D eigenvalue weighted by atomic mass is 9.56. The molecule has 10 heteroatoms. The maximum Gasteiger partial charge on any atom is 0.253 e. The number of likely N-dealkylation sites (tertiary alicyclic amines) is 1. The molecule has 3 fully saturated rings. The van der Waals surface area contributed by atoms with Crippen LogP contribution >= 0.6 is 23.2 Å². The summed E-state index contributed by atoms with van der Waals surface area (Å²) >= 11 is 14.3. The van der Waals surface area contributed by atoms with Crippen LogP contribution in [0.4, 0.5) is 5.69 Å². The quantitative estimate of drug-likeness (QED) is 0.253. The molecule has 40 heavy (non-hydrogen) atoms. The Labute approximate surface area is 240 Å². The minimum absolute atomic E-state index is 0.0588. The van der Waals surface area contributed by atoms with Crippen LogP contribution in [0, 0.1) is 24.7 Å². The number of carbonyl (C=O) groups excluding carboxylic acids is 5. The number of fused-ring (bicyclic) bond motifs is 4. The molecule has 1 saturated carbocycles. The summed E-state index contributed by atoms with van der Waals surface area (Å²) in [6, 6.07) is 11.1. The number of rotatable bonds is 3. The van der Waals surface area contributed by atoms with E-state index in [9.17, 15) is 29.1 Å². The Morgan fingerprint density at radius 3 is 2.27 bits per heavy atom. The number of aryl methyl sites for hydroxylation is 1. The lowest BCUT2D eigenvalue weighted by Crippen LogP contribution is -2.60. The van der Waals surface area contributed by atoms with Crippen LogP contribution in [0.1, 0.15) is 47.2 Å². The van der Waals surface area contributed by atoms with E-state index in [1.54, 1.807) is 43.3 Å². The number of hydrogen-bond donors (Lipinski definition) is 1. The summed E-state index contributed by atoms with van der Waals surface area (Å²) in [6.45, 7) is 3.14. The van der Waals surface area contributed by atoms with E-state index < -0.39 is 51.1 Å². The zero-order valence-electron chi connectivity index (χ0n) is 22.0. The van der Waals surface area contributed by atoms with Crippen molar-refractivity contribution >= 4 is 58.3 Å². The smallest absolute Gasteiger partial charge is 0.253 e. The number of anilines is 1. The molecule has 2 aliphatic heterocycles. The number of hydrogen-bond acceptors (Lipinski definition) is 6. The fraction of sp³-hybridized carbons (Fsp3) is 0.367. The van der Waals surface area contributed by atoms with Crippen LogP contribution < -0.4 is 4.90 Å². The van der Waals surface area contributed by atoms with E-state index in [-0.39, 0.29) is 30.3 Å². The Balaban J connectivity index is 1.48. The van der Waals surface area contributed by atoms with Crippen LogP contribution in [0.3, 0.4) is 0 Å². The molecule has 2 aliphatic carbocycles. The highest BCUT2D eigenvalue weighted by Crippen LogP contribution is 2.65. The molecule has 2 saturated heterocycles. The van der Waals surface area contributed by atoms with Crippen LogP contribution in [-0.4, -0.2) is 56.2 Å². The summed E-state index contributed by atoms with van der Waals surface area (Å²) in [7, 11) is 1.34. The number of alkyl halides is 2. The number of ketones is 1. The van der Waals surface area contributed by atoms with Crippen LogP contribution in [-0.2, 0) is 19.2 Å². The number of nitrogens with zero attached hydrogens (tertiary/aromatic N) is 2. The molecule has 0 aromatic heterocycles. The molecule has 4 aliphatic rings.